The Balaban J connectivity index is 1.43. The van der Waals surface area contributed by atoms with Crippen LogP contribution >= 0.6 is 99.9 Å². The van der Waals surface area contributed by atoms with E-state index in [-0.39, 0.29) is 0 Å². The average molecular weight is 1330 g/mol. The third kappa shape index (κ3) is 23.0. The molecule has 80 heavy (non-hydrogen) atoms. The summed E-state index contributed by atoms with van der Waals surface area (Å²) in [6, 6.07) is 10.1. The van der Waals surface area contributed by atoms with Crippen LogP contribution < -0.4 is 0 Å². The topological polar surface area (TPSA) is 25.8 Å². The molecule has 0 fully saturated rings. The van der Waals surface area contributed by atoms with E-state index in [2.05, 4.69) is 120 Å². The van der Waals surface area contributed by atoms with Crippen LogP contribution in [0.1, 0.15) is 306 Å². The first-order valence-corrected chi connectivity index (χ1v) is 39.6. The van der Waals surface area contributed by atoms with Crippen molar-refractivity contribution in [2.75, 3.05) is 0 Å². The Hall–Kier alpha value is -0.980. The number of unbranched alkanes of at least 4 members (excludes halogenated alkanes) is 30. The Kier molecular flexibility index (Phi) is 34.4. The molecule has 0 amide bonds. The molecule has 0 saturated carbocycles. The fourth-order valence-electron chi connectivity index (χ4n) is 11.5. The van der Waals surface area contributed by atoms with Crippen LogP contribution in [-0.2, 0) is 38.5 Å². The van der Waals surface area contributed by atoms with Crippen molar-refractivity contribution in [3.8, 4) is 49.0 Å². The van der Waals surface area contributed by atoms with E-state index in [4.69, 9.17) is 9.97 Å². The molecule has 0 aromatic carbocycles. The Morgan fingerprint density at radius 1 is 0.263 bits per heavy atom. The van der Waals surface area contributed by atoms with Crippen molar-refractivity contribution in [1.29, 1.82) is 0 Å². The van der Waals surface area contributed by atoms with Gasteiger partial charge in [0.05, 0.1) is 38.5 Å². The Bertz CT molecular complexity index is 2390. The first-order valence-electron chi connectivity index (χ1n) is 33.1. The number of aromatic nitrogens is 2. The number of hydrogen-bond donors (Lipinski definition) is 0. The van der Waals surface area contributed by atoms with Gasteiger partial charge in [0.15, 0.2) is 0 Å². The molecule has 2 nitrogen and oxygen atoms in total. The lowest BCUT2D eigenvalue weighted by Gasteiger charge is -2.04. The quantitative estimate of drug-likeness (QED) is 0.0356. The van der Waals surface area contributed by atoms with Gasteiger partial charge in [-0.3, -0.25) is 0 Å². The van der Waals surface area contributed by atoms with Gasteiger partial charge < -0.3 is 0 Å². The standard InChI is InChI=1S/C70H106Br2N2S6/c1-7-13-19-25-31-37-43-53-49-59(63-55(51-61(71)77-63)45-39-33-27-21-15-9-3)75-65(53)69-73-57(47-41-35-29-23-17-11-5)67(79-69)68-58(48-42-36-30-24-18-12-6)74-70(80-68)66-54(44-38-32-26-20-14-8-2)50-60(76-66)64-56(52-62(72)78-64)46-40-34-28-22-16-10-4/h49-52H,7-48H2,1-6H3. The fourth-order valence-corrected chi connectivity index (χ4v) is 20.2. The summed E-state index contributed by atoms with van der Waals surface area (Å²) in [5.41, 5.74) is 8.80. The monoisotopic (exact) mass is 1320 g/mol. The minimum Gasteiger partial charge on any atom is -0.240 e. The summed E-state index contributed by atoms with van der Waals surface area (Å²) in [5.74, 6) is 0. The molecule has 0 saturated heterocycles. The zero-order valence-electron chi connectivity index (χ0n) is 51.1. The highest BCUT2D eigenvalue weighted by atomic mass is 79.9. The van der Waals surface area contributed by atoms with Gasteiger partial charge >= 0.3 is 0 Å². The smallest absolute Gasteiger partial charge is 0.134 e. The molecule has 0 aliphatic carbocycles. The maximum atomic E-state index is 5.88. The number of nitrogens with zero attached hydrogens (tertiary/aromatic N) is 2. The minimum atomic E-state index is 1.05. The van der Waals surface area contributed by atoms with Gasteiger partial charge in [0.25, 0.3) is 0 Å². The van der Waals surface area contributed by atoms with E-state index in [9.17, 15) is 0 Å². The first-order chi connectivity index (χ1) is 39.3. The summed E-state index contributed by atoms with van der Waals surface area (Å²) in [6.45, 7) is 14.0. The van der Waals surface area contributed by atoms with E-state index in [0.29, 0.717) is 0 Å². The molecule has 0 N–H and O–H groups in total. The van der Waals surface area contributed by atoms with Gasteiger partial charge in [0.2, 0.25) is 0 Å². The van der Waals surface area contributed by atoms with Crippen LogP contribution in [0.2, 0.25) is 0 Å². The number of thiazole rings is 2. The van der Waals surface area contributed by atoms with Gasteiger partial charge in [-0.2, -0.15) is 0 Å². The summed E-state index contributed by atoms with van der Waals surface area (Å²) in [4.78, 5) is 23.4. The highest BCUT2D eigenvalue weighted by molar-refractivity contribution is 9.11. The second-order valence-electron chi connectivity index (χ2n) is 23.4. The summed E-state index contributed by atoms with van der Waals surface area (Å²) in [7, 11) is 0. The zero-order chi connectivity index (χ0) is 56.6. The maximum absolute atomic E-state index is 5.88. The molecule has 0 bridgehead atoms. The molecule has 0 unspecified atom stereocenters. The molecule has 0 aliphatic rings. The summed E-state index contributed by atoms with van der Waals surface area (Å²) in [6.07, 6.45) is 54.1. The molecule has 446 valence electrons. The van der Waals surface area contributed by atoms with Crippen molar-refractivity contribution >= 4 is 99.9 Å². The van der Waals surface area contributed by atoms with Crippen LogP contribution in [-0.4, -0.2) is 9.97 Å². The van der Waals surface area contributed by atoms with E-state index in [1.54, 1.807) is 0 Å². The molecule has 6 heterocycles. The Morgan fingerprint density at radius 2 is 0.512 bits per heavy atom. The van der Waals surface area contributed by atoms with Crippen molar-refractivity contribution in [3.05, 3.63) is 65.5 Å². The van der Waals surface area contributed by atoms with E-state index in [1.807, 2.05) is 45.3 Å². The molecular weight excluding hydrogens is 1220 g/mol. The molecule has 0 radical (unpaired) electrons. The lowest BCUT2D eigenvalue weighted by atomic mass is 10.0. The average Bonchev–Trinajstić information content (AvgIpc) is 4.38. The van der Waals surface area contributed by atoms with Gasteiger partial charge in [0.1, 0.15) is 10.0 Å². The first kappa shape index (κ1) is 68.1. The van der Waals surface area contributed by atoms with Gasteiger partial charge in [-0.1, -0.05) is 234 Å². The van der Waals surface area contributed by atoms with Crippen molar-refractivity contribution in [2.45, 2.75) is 311 Å². The van der Waals surface area contributed by atoms with Crippen LogP contribution in [0.15, 0.2) is 31.8 Å². The Labute approximate surface area is 530 Å². The number of hydrogen-bond acceptors (Lipinski definition) is 8. The molecule has 0 spiro atoms. The molecule has 0 atom stereocenters. The van der Waals surface area contributed by atoms with Crippen LogP contribution in [0.5, 0.6) is 0 Å². The van der Waals surface area contributed by atoms with Gasteiger partial charge in [0, 0.05) is 19.5 Å². The lowest BCUT2D eigenvalue weighted by molar-refractivity contribution is 0.604. The summed E-state index contributed by atoms with van der Waals surface area (Å²) < 4.78 is 2.53. The number of halogens is 2. The maximum Gasteiger partial charge on any atom is 0.134 e. The van der Waals surface area contributed by atoms with E-state index < -0.39 is 0 Å². The zero-order valence-corrected chi connectivity index (χ0v) is 59.2. The second-order valence-corrected chi connectivity index (χ2v) is 32.4. The molecule has 6 rings (SSSR count). The largest absolute Gasteiger partial charge is 0.240 e. The van der Waals surface area contributed by atoms with Crippen molar-refractivity contribution in [2.24, 2.45) is 0 Å². The number of aryl methyl sites for hydroxylation is 6. The Morgan fingerprint density at radius 3 is 0.800 bits per heavy atom. The molecule has 10 heteroatoms. The normalized spacial score (nSPS) is 11.8. The molecule has 0 aliphatic heterocycles. The van der Waals surface area contributed by atoms with Gasteiger partial charge in [-0.25, -0.2) is 9.97 Å². The van der Waals surface area contributed by atoms with Crippen molar-refractivity contribution in [1.82, 2.24) is 9.97 Å². The van der Waals surface area contributed by atoms with E-state index >= 15 is 0 Å². The number of thiophene rings is 4. The molecule has 6 aromatic heterocycles. The van der Waals surface area contributed by atoms with Crippen molar-refractivity contribution in [3.63, 3.8) is 0 Å². The highest BCUT2D eigenvalue weighted by Gasteiger charge is 2.27. The van der Waals surface area contributed by atoms with Crippen LogP contribution in [0, 0.1) is 0 Å². The SMILES string of the molecule is CCCCCCCCc1cc(Br)sc1-c1cc(CCCCCCCC)c(-c2nc(CCCCCCCC)c(-c3sc(-c4sc(-c5sc(Br)cc5CCCCCCCC)cc4CCCCCCCC)nc3CCCCCCCC)s2)s1. The summed E-state index contributed by atoms with van der Waals surface area (Å²) >= 11 is 20.0. The second kappa shape index (κ2) is 40.4. The number of rotatable bonds is 47. The minimum absolute atomic E-state index is 1.05. The fraction of sp³-hybridized carbons (Fsp3) is 0.686. The highest BCUT2D eigenvalue weighted by Crippen LogP contribution is 2.51. The van der Waals surface area contributed by atoms with E-state index in [0.717, 1.165) is 25.7 Å². The van der Waals surface area contributed by atoms with Crippen LogP contribution in [0.25, 0.3) is 49.0 Å². The third-order valence-corrected chi connectivity index (χ3v) is 25.1. The van der Waals surface area contributed by atoms with E-state index in [1.165, 1.54) is 334 Å². The van der Waals surface area contributed by atoms with Crippen LogP contribution in [0.3, 0.4) is 0 Å². The molecule has 6 aromatic rings. The predicted molar refractivity (Wildman–Crippen MR) is 374 cm³/mol. The third-order valence-electron chi connectivity index (χ3n) is 16.3. The lowest BCUT2D eigenvalue weighted by Crippen LogP contribution is -1.93. The van der Waals surface area contributed by atoms with Crippen LogP contribution in [0.4, 0.5) is 0 Å². The summed E-state index contributed by atoms with van der Waals surface area (Å²) in [5, 5.41) is 2.52. The van der Waals surface area contributed by atoms with Gasteiger partial charge in [-0.15, -0.1) is 68.0 Å². The predicted octanol–water partition coefficient (Wildman–Crippen LogP) is 28.1. The molecular formula is C70H106Br2N2S6. The van der Waals surface area contributed by atoms with Gasteiger partial charge in [-0.05, 0) is 155 Å². The van der Waals surface area contributed by atoms with Crippen molar-refractivity contribution < 1.29 is 0 Å².